The summed E-state index contributed by atoms with van der Waals surface area (Å²) in [5.74, 6) is -0.470. The van der Waals surface area contributed by atoms with Crippen molar-refractivity contribution in [1.82, 2.24) is 9.97 Å². The van der Waals surface area contributed by atoms with Crippen molar-refractivity contribution in [2.45, 2.75) is 13.3 Å². The van der Waals surface area contributed by atoms with Gasteiger partial charge in [-0.25, -0.2) is 9.78 Å². The number of aromatic amines is 1. The number of aromatic carboxylic acids is 1. The van der Waals surface area contributed by atoms with Crippen LogP contribution in [0.2, 0.25) is 10.0 Å². The Morgan fingerprint density at radius 1 is 1.17 bits per heavy atom. The molecule has 0 amide bonds. The highest BCUT2D eigenvalue weighted by molar-refractivity contribution is 6.41. The molecule has 0 aliphatic heterocycles. The van der Waals surface area contributed by atoms with Crippen molar-refractivity contribution in [1.29, 1.82) is 0 Å². The second-order valence-electron chi connectivity index (χ2n) is 4.82. The molecule has 1 aromatic heterocycles. The summed E-state index contributed by atoms with van der Waals surface area (Å²) < 4.78 is 0. The summed E-state index contributed by atoms with van der Waals surface area (Å²) in [6.45, 7) is 1.87. The Balaban J connectivity index is 0.000000219. The predicted molar refractivity (Wildman–Crippen MR) is 95.2 cm³/mol. The fourth-order valence-electron chi connectivity index (χ4n) is 1.93. The highest BCUT2D eigenvalue weighted by atomic mass is 35.5. The second kappa shape index (κ2) is 7.95. The van der Waals surface area contributed by atoms with Crippen LogP contribution in [0.3, 0.4) is 0 Å². The van der Waals surface area contributed by atoms with Crippen LogP contribution in [0.4, 0.5) is 0 Å². The second-order valence-corrected chi connectivity index (χ2v) is 5.63. The number of hydrogen-bond donors (Lipinski definition) is 2. The summed E-state index contributed by atoms with van der Waals surface area (Å²) in [5, 5.41) is 10.4. The predicted octanol–water partition coefficient (Wildman–Crippen LogP) is 4.18. The van der Waals surface area contributed by atoms with Crippen molar-refractivity contribution in [2.24, 2.45) is 0 Å². The van der Waals surface area contributed by atoms with E-state index in [0.29, 0.717) is 33.2 Å². The van der Waals surface area contributed by atoms with Gasteiger partial charge >= 0.3 is 5.97 Å². The molecule has 124 valence electrons. The Morgan fingerprint density at radius 2 is 1.79 bits per heavy atom. The molecule has 1 heterocycles. The van der Waals surface area contributed by atoms with Crippen molar-refractivity contribution < 1.29 is 9.90 Å². The maximum Gasteiger partial charge on any atom is 0.335 e. The highest BCUT2D eigenvalue weighted by Gasteiger charge is 2.07. The first-order valence-corrected chi connectivity index (χ1v) is 7.84. The lowest BCUT2D eigenvalue weighted by Crippen LogP contribution is -2.11. The minimum atomic E-state index is -1.03. The van der Waals surface area contributed by atoms with E-state index in [1.54, 1.807) is 12.1 Å². The van der Waals surface area contributed by atoms with E-state index >= 15 is 0 Å². The maximum absolute atomic E-state index is 11.6. The van der Waals surface area contributed by atoms with Gasteiger partial charge in [-0.2, -0.15) is 0 Å². The Kier molecular flexibility index (Phi) is 5.95. The Labute approximate surface area is 147 Å². The van der Waals surface area contributed by atoms with Gasteiger partial charge in [-0.1, -0.05) is 42.3 Å². The molecular weight excluding hydrogens is 351 g/mol. The number of aryl methyl sites for hydroxylation is 1. The van der Waals surface area contributed by atoms with E-state index in [9.17, 15) is 9.59 Å². The van der Waals surface area contributed by atoms with Crippen LogP contribution < -0.4 is 5.56 Å². The van der Waals surface area contributed by atoms with Crippen LogP contribution in [0.25, 0.3) is 10.9 Å². The summed E-state index contributed by atoms with van der Waals surface area (Å²) >= 11 is 11.2. The molecule has 24 heavy (non-hydrogen) atoms. The van der Waals surface area contributed by atoms with Gasteiger partial charge in [-0.3, -0.25) is 4.79 Å². The quantitative estimate of drug-likeness (QED) is 0.714. The van der Waals surface area contributed by atoms with Gasteiger partial charge in [-0.15, -0.1) is 0 Å². The zero-order chi connectivity index (χ0) is 17.7. The van der Waals surface area contributed by atoms with Crippen molar-refractivity contribution in [3.8, 4) is 0 Å². The number of aromatic nitrogens is 2. The van der Waals surface area contributed by atoms with Crippen molar-refractivity contribution in [2.75, 3.05) is 0 Å². The zero-order valence-corrected chi connectivity index (χ0v) is 14.2. The molecule has 2 N–H and O–H groups in total. The van der Waals surface area contributed by atoms with Gasteiger partial charge in [0.05, 0.1) is 26.5 Å². The average molecular weight is 365 g/mol. The number of benzene rings is 2. The van der Waals surface area contributed by atoms with Gasteiger partial charge in [0.25, 0.3) is 5.56 Å². The number of nitrogens with one attached hydrogen (secondary N) is 1. The Morgan fingerprint density at radius 3 is 2.29 bits per heavy atom. The van der Waals surface area contributed by atoms with E-state index in [2.05, 4.69) is 9.97 Å². The van der Waals surface area contributed by atoms with Gasteiger partial charge in [0.2, 0.25) is 0 Å². The molecule has 3 aromatic rings. The van der Waals surface area contributed by atoms with Crippen molar-refractivity contribution >= 4 is 40.1 Å². The van der Waals surface area contributed by atoms with E-state index in [1.807, 2.05) is 19.1 Å². The largest absolute Gasteiger partial charge is 0.478 e. The third-order valence-electron chi connectivity index (χ3n) is 3.16. The topological polar surface area (TPSA) is 83.0 Å². The average Bonchev–Trinajstić information content (AvgIpc) is 2.57. The van der Waals surface area contributed by atoms with Crippen LogP contribution in [-0.2, 0) is 6.42 Å². The number of carboxylic acids is 1. The molecule has 5 nitrogen and oxygen atoms in total. The van der Waals surface area contributed by atoms with Crippen LogP contribution in [0.5, 0.6) is 0 Å². The zero-order valence-electron chi connectivity index (χ0n) is 12.7. The molecule has 2 aromatic carbocycles. The molecule has 0 bridgehead atoms. The molecule has 0 saturated carbocycles. The Bertz CT molecular complexity index is 918. The lowest BCUT2D eigenvalue weighted by Gasteiger charge is -2.01. The van der Waals surface area contributed by atoms with Crippen LogP contribution >= 0.6 is 23.2 Å². The molecule has 0 saturated heterocycles. The smallest absolute Gasteiger partial charge is 0.335 e. The van der Waals surface area contributed by atoms with Gasteiger partial charge in [0, 0.05) is 6.42 Å². The van der Waals surface area contributed by atoms with Gasteiger partial charge in [0.1, 0.15) is 5.82 Å². The van der Waals surface area contributed by atoms with Crippen LogP contribution in [0, 0.1) is 0 Å². The number of hydrogen-bond acceptors (Lipinski definition) is 3. The molecule has 0 aliphatic carbocycles. The van der Waals surface area contributed by atoms with Crippen molar-refractivity contribution in [3.05, 3.63) is 74.3 Å². The third-order valence-corrected chi connectivity index (χ3v) is 3.92. The molecule has 3 rings (SSSR count). The van der Waals surface area contributed by atoms with E-state index in [4.69, 9.17) is 28.3 Å². The van der Waals surface area contributed by atoms with Gasteiger partial charge < -0.3 is 10.1 Å². The lowest BCUT2D eigenvalue weighted by atomic mass is 10.1. The monoisotopic (exact) mass is 364 g/mol. The standard InChI is InChI=1S/C11H10N2O3.C6H4Cl2/c1-2-9-12-8-5-6(11(15)16)3-4-7(8)10(14)13-9;7-5-3-1-2-4-6(5)8/h3-5H,2H2,1H3,(H,15,16)(H,12,13,14);1-4H. The molecule has 7 heteroatoms. The van der Waals surface area contributed by atoms with Crippen LogP contribution in [-0.4, -0.2) is 21.0 Å². The number of carboxylic acid groups (broad SMARTS) is 1. The molecule has 0 atom stereocenters. The first-order chi connectivity index (χ1) is 11.4. The van der Waals surface area contributed by atoms with E-state index < -0.39 is 5.97 Å². The third kappa shape index (κ3) is 4.34. The van der Waals surface area contributed by atoms with Crippen molar-refractivity contribution in [3.63, 3.8) is 0 Å². The number of nitrogens with zero attached hydrogens (tertiary/aromatic N) is 1. The SMILES string of the molecule is CCc1nc2cc(C(=O)O)ccc2c(=O)[nH]1.Clc1ccccc1Cl. The minimum Gasteiger partial charge on any atom is -0.478 e. The molecule has 0 aliphatic rings. The first-order valence-electron chi connectivity index (χ1n) is 7.08. The Hall–Kier alpha value is -2.37. The summed E-state index contributed by atoms with van der Waals surface area (Å²) in [5.41, 5.74) is 0.312. The summed E-state index contributed by atoms with van der Waals surface area (Å²) in [7, 11) is 0. The number of carbonyl (C=O) groups is 1. The molecule has 0 fully saturated rings. The first kappa shape index (κ1) is 18.0. The maximum atomic E-state index is 11.6. The van der Waals surface area contributed by atoms with E-state index in [1.165, 1.54) is 18.2 Å². The normalized spacial score (nSPS) is 10.1. The van der Waals surface area contributed by atoms with Crippen LogP contribution in [0.15, 0.2) is 47.3 Å². The van der Waals surface area contributed by atoms with Gasteiger partial charge in [-0.05, 0) is 30.3 Å². The molecule has 0 spiro atoms. The molecule has 0 radical (unpaired) electrons. The fourth-order valence-corrected chi connectivity index (χ4v) is 2.20. The minimum absolute atomic E-state index is 0.132. The number of H-pyrrole nitrogens is 1. The molecule has 0 unspecified atom stereocenters. The number of fused-ring (bicyclic) bond motifs is 1. The van der Waals surface area contributed by atoms with Gasteiger partial charge in [0.15, 0.2) is 0 Å². The summed E-state index contributed by atoms with van der Waals surface area (Å²) in [6.07, 6.45) is 0.600. The fraction of sp³-hybridized carbons (Fsp3) is 0.118. The highest BCUT2D eigenvalue weighted by Crippen LogP contribution is 2.19. The van der Waals surface area contributed by atoms with E-state index in [0.717, 1.165) is 0 Å². The number of rotatable bonds is 2. The molecular formula is C17H14Cl2N2O3. The van der Waals surface area contributed by atoms with Crippen LogP contribution in [0.1, 0.15) is 23.1 Å². The van der Waals surface area contributed by atoms with E-state index in [-0.39, 0.29) is 11.1 Å². The summed E-state index contributed by atoms with van der Waals surface area (Å²) in [6, 6.07) is 11.5. The summed E-state index contributed by atoms with van der Waals surface area (Å²) in [4.78, 5) is 29.2. The number of halogens is 2. The lowest BCUT2D eigenvalue weighted by molar-refractivity contribution is 0.0697.